The molecule has 11 heteroatoms. The van der Waals surface area contributed by atoms with E-state index in [2.05, 4.69) is 15.9 Å². The van der Waals surface area contributed by atoms with Gasteiger partial charge in [0, 0.05) is 35.8 Å². The van der Waals surface area contributed by atoms with E-state index in [-0.39, 0.29) is 48.3 Å². The lowest BCUT2D eigenvalue weighted by atomic mass is 10.0. The lowest BCUT2D eigenvalue weighted by molar-refractivity contribution is 0.0707. The van der Waals surface area contributed by atoms with Gasteiger partial charge in [0.05, 0.1) is 27.8 Å². The summed E-state index contributed by atoms with van der Waals surface area (Å²) in [4.78, 5) is 42.5. The summed E-state index contributed by atoms with van der Waals surface area (Å²) in [6, 6.07) is 20.4. The molecule has 0 saturated heterocycles. The Labute approximate surface area is 244 Å². The first-order valence-corrected chi connectivity index (χ1v) is 15.6. The third-order valence-corrected chi connectivity index (χ3v) is 9.26. The summed E-state index contributed by atoms with van der Waals surface area (Å²) in [5.74, 6) is -0.510. The fourth-order valence-corrected chi connectivity index (χ4v) is 5.89. The number of benzene rings is 3. The smallest absolute Gasteiger partial charge is 0.331 e. The maximum atomic E-state index is 13.8. The molecule has 8 nitrogen and oxygen atoms in total. The Balaban J connectivity index is 1.56. The highest BCUT2D eigenvalue weighted by atomic mass is 79.9. The lowest BCUT2D eigenvalue weighted by Crippen LogP contribution is -2.41. The second kappa shape index (κ2) is 11.2. The van der Waals surface area contributed by atoms with E-state index >= 15 is 0 Å². The molecule has 0 radical (unpaired) electrons. The summed E-state index contributed by atoms with van der Waals surface area (Å²) in [6.07, 6.45) is 1.73. The van der Waals surface area contributed by atoms with E-state index in [1.54, 1.807) is 23.1 Å². The summed E-state index contributed by atoms with van der Waals surface area (Å²) in [7, 11) is -3.44. The Bertz CT molecular complexity index is 1780. The van der Waals surface area contributed by atoms with Crippen LogP contribution in [0.3, 0.4) is 0 Å². The van der Waals surface area contributed by atoms with Crippen LogP contribution in [-0.4, -0.2) is 46.9 Å². The summed E-state index contributed by atoms with van der Waals surface area (Å²) >= 11 is 9.54. The first kappa shape index (κ1) is 28.1. The number of Topliss-reactive ketones (excluding diaryl/α,β-unsaturated/α-hetero) is 1. The van der Waals surface area contributed by atoms with Gasteiger partial charge >= 0.3 is 5.69 Å². The standard InChI is InChI=1S/C29H25BrClN3O5S/c1-40(38,39)22-11-9-21(10-12-22)34-27(26(35)14-7-19-5-3-2-4-6-19)25-18-32(15-16-33(25)29(34)37)28(36)20-8-13-23(30)24(31)17-20/h2-6,8-13,17H,7,14-16,18H2,1H3. The molecule has 0 aliphatic carbocycles. The number of hydrogen-bond acceptors (Lipinski definition) is 5. The Morgan fingerprint density at radius 1 is 0.975 bits per heavy atom. The number of fused-ring (bicyclic) bond motifs is 1. The third-order valence-electron chi connectivity index (χ3n) is 6.90. The monoisotopic (exact) mass is 641 g/mol. The van der Waals surface area contributed by atoms with Crippen molar-refractivity contribution >= 4 is 49.1 Å². The van der Waals surface area contributed by atoms with Crippen LogP contribution in [-0.2, 0) is 29.3 Å². The topological polar surface area (TPSA) is 98.4 Å². The number of rotatable bonds is 7. The van der Waals surface area contributed by atoms with Crippen LogP contribution in [0.2, 0.25) is 5.02 Å². The zero-order chi connectivity index (χ0) is 28.6. The molecule has 5 rings (SSSR count). The quantitative estimate of drug-likeness (QED) is 0.266. The molecule has 0 spiro atoms. The van der Waals surface area contributed by atoms with Crippen molar-refractivity contribution in [1.29, 1.82) is 0 Å². The van der Waals surface area contributed by atoms with Gasteiger partial charge in [-0.2, -0.15) is 0 Å². The number of amides is 1. The number of carbonyl (C=O) groups is 2. The number of aromatic nitrogens is 2. The first-order valence-electron chi connectivity index (χ1n) is 12.5. The SMILES string of the molecule is CS(=O)(=O)c1ccc(-n2c(C(=O)CCc3ccccc3)c3n(c2=O)CCN(C(=O)c2ccc(Br)c(Cl)c2)C3)cc1. The third kappa shape index (κ3) is 5.56. The van der Waals surface area contributed by atoms with Crippen molar-refractivity contribution in [3.8, 4) is 5.69 Å². The van der Waals surface area contributed by atoms with Crippen LogP contribution < -0.4 is 5.69 Å². The van der Waals surface area contributed by atoms with Gasteiger partial charge in [-0.05, 0) is 70.4 Å². The maximum Gasteiger partial charge on any atom is 0.333 e. The average Bonchev–Trinajstić information content (AvgIpc) is 3.24. The molecule has 3 aromatic carbocycles. The van der Waals surface area contributed by atoms with Gasteiger partial charge in [0.25, 0.3) is 5.91 Å². The molecule has 40 heavy (non-hydrogen) atoms. The Morgan fingerprint density at radius 3 is 2.33 bits per heavy atom. The molecule has 1 amide bonds. The van der Waals surface area contributed by atoms with Crippen LogP contribution in [0.1, 0.15) is 38.5 Å². The van der Waals surface area contributed by atoms with Crippen molar-refractivity contribution in [2.45, 2.75) is 30.8 Å². The lowest BCUT2D eigenvalue weighted by Gasteiger charge is -2.28. The Kier molecular flexibility index (Phi) is 7.85. The molecular formula is C29H25BrClN3O5S. The van der Waals surface area contributed by atoms with Crippen molar-refractivity contribution in [2.24, 2.45) is 0 Å². The van der Waals surface area contributed by atoms with Crippen molar-refractivity contribution in [1.82, 2.24) is 14.0 Å². The number of ketones is 1. The van der Waals surface area contributed by atoms with E-state index in [1.165, 1.54) is 33.4 Å². The second-order valence-corrected chi connectivity index (χ2v) is 12.9. The molecule has 206 valence electrons. The predicted molar refractivity (Wildman–Crippen MR) is 156 cm³/mol. The number of nitrogens with zero attached hydrogens (tertiary/aromatic N) is 3. The van der Waals surface area contributed by atoms with Crippen LogP contribution in [0.4, 0.5) is 0 Å². The predicted octanol–water partition coefficient (Wildman–Crippen LogP) is 4.93. The fraction of sp³-hybridized carbons (Fsp3) is 0.207. The van der Waals surface area contributed by atoms with Crippen LogP contribution in [0.5, 0.6) is 0 Å². The van der Waals surface area contributed by atoms with Gasteiger partial charge in [-0.1, -0.05) is 41.9 Å². The molecule has 0 atom stereocenters. The summed E-state index contributed by atoms with van der Waals surface area (Å²) in [5.41, 5.74) is 1.98. The molecule has 0 bridgehead atoms. The average molecular weight is 643 g/mol. The van der Waals surface area contributed by atoms with Crippen LogP contribution in [0, 0.1) is 0 Å². The minimum Gasteiger partial charge on any atom is -0.331 e. The molecule has 1 aromatic heterocycles. The normalized spacial score (nSPS) is 13.2. The van der Waals surface area contributed by atoms with Gasteiger partial charge in [0.15, 0.2) is 15.6 Å². The maximum absolute atomic E-state index is 13.8. The largest absolute Gasteiger partial charge is 0.333 e. The van der Waals surface area contributed by atoms with Crippen molar-refractivity contribution < 1.29 is 18.0 Å². The van der Waals surface area contributed by atoms with Crippen molar-refractivity contribution in [2.75, 3.05) is 12.8 Å². The summed E-state index contributed by atoms with van der Waals surface area (Å²) in [6.45, 7) is 0.536. The molecule has 2 heterocycles. The zero-order valence-electron chi connectivity index (χ0n) is 21.5. The van der Waals surface area contributed by atoms with E-state index in [0.717, 1.165) is 11.8 Å². The minimum atomic E-state index is -3.44. The van der Waals surface area contributed by atoms with Crippen LogP contribution in [0.15, 0.2) is 87.0 Å². The number of imidazole rings is 1. The van der Waals surface area contributed by atoms with E-state index in [9.17, 15) is 22.8 Å². The highest BCUT2D eigenvalue weighted by molar-refractivity contribution is 9.10. The van der Waals surface area contributed by atoms with E-state index in [1.807, 2.05) is 30.3 Å². The van der Waals surface area contributed by atoms with Gasteiger partial charge in [0.2, 0.25) is 0 Å². The summed E-state index contributed by atoms with van der Waals surface area (Å²) < 4.78 is 27.5. The zero-order valence-corrected chi connectivity index (χ0v) is 24.7. The molecule has 0 saturated carbocycles. The van der Waals surface area contributed by atoms with E-state index < -0.39 is 15.5 Å². The Hall–Kier alpha value is -3.47. The van der Waals surface area contributed by atoms with Crippen LogP contribution in [0.25, 0.3) is 5.69 Å². The number of sulfone groups is 1. The molecular weight excluding hydrogens is 618 g/mol. The minimum absolute atomic E-state index is 0.0581. The highest BCUT2D eigenvalue weighted by Gasteiger charge is 2.32. The summed E-state index contributed by atoms with van der Waals surface area (Å²) in [5, 5.41) is 0.403. The van der Waals surface area contributed by atoms with E-state index in [4.69, 9.17) is 11.6 Å². The molecule has 0 fully saturated rings. The van der Waals surface area contributed by atoms with Crippen molar-refractivity contribution in [3.05, 3.63) is 115 Å². The number of aryl methyl sites for hydroxylation is 1. The molecule has 4 aromatic rings. The second-order valence-electron chi connectivity index (χ2n) is 9.60. The number of carbonyl (C=O) groups excluding carboxylic acids is 2. The molecule has 0 unspecified atom stereocenters. The van der Waals surface area contributed by atoms with Crippen molar-refractivity contribution in [3.63, 3.8) is 0 Å². The Morgan fingerprint density at radius 2 is 1.68 bits per heavy atom. The highest BCUT2D eigenvalue weighted by Crippen LogP contribution is 2.27. The van der Waals surface area contributed by atoms with Gasteiger partial charge in [0.1, 0.15) is 5.69 Å². The van der Waals surface area contributed by atoms with E-state index in [0.29, 0.717) is 32.9 Å². The molecule has 1 aliphatic rings. The van der Waals surface area contributed by atoms with Gasteiger partial charge in [-0.15, -0.1) is 0 Å². The van der Waals surface area contributed by atoms with Gasteiger partial charge in [-0.25, -0.2) is 13.2 Å². The number of hydrogen-bond donors (Lipinski definition) is 0. The molecule has 0 N–H and O–H groups in total. The fourth-order valence-electron chi connectivity index (χ4n) is 4.83. The first-order chi connectivity index (χ1) is 19.0. The number of halogens is 2. The van der Waals surface area contributed by atoms with Crippen LogP contribution >= 0.6 is 27.5 Å². The molecule has 1 aliphatic heterocycles. The van der Waals surface area contributed by atoms with Gasteiger partial charge in [-0.3, -0.25) is 18.7 Å². The van der Waals surface area contributed by atoms with Gasteiger partial charge < -0.3 is 4.90 Å².